The molecule has 2 aromatic rings. The van der Waals surface area contributed by atoms with Crippen LogP contribution in [0, 0.1) is 0 Å². The Morgan fingerprint density at radius 2 is 1.52 bits per heavy atom. The van der Waals surface area contributed by atoms with Gasteiger partial charge in [-0.25, -0.2) is 4.79 Å². The molecule has 4 heteroatoms. The zero-order chi connectivity index (χ0) is 16.8. The summed E-state index contributed by atoms with van der Waals surface area (Å²) in [6, 6.07) is 7.28. The topological polar surface area (TPSA) is 48.7 Å². The third-order valence-electron chi connectivity index (χ3n) is 3.16. The van der Waals surface area contributed by atoms with Gasteiger partial charge in [-0.05, 0) is 52.0 Å². The van der Waals surface area contributed by atoms with Crippen molar-refractivity contribution in [3.63, 3.8) is 0 Å². The first-order chi connectivity index (χ1) is 11.0. The van der Waals surface area contributed by atoms with Crippen LogP contribution >= 0.6 is 0 Å². The highest BCUT2D eigenvalue weighted by atomic mass is 16.5. The summed E-state index contributed by atoms with van der Waals surface area (Å²) in [6.07, 6.45) is 3.85. The van der Waals surface area contributed by atoms with Gasteiger partial charge in [0.1, 0.15) is 18.8 Å². The number of hydrogen-bond donors (Lipinski definition) is 0. The fourth-order valence-electron chi connectivity index (χ4n) is 1.96. The summed E-state index contributed by atoms with van der Waals surface area (Å²) in [4.78, 5) is 12.2. The molecular formula is C19H22O4. The lowest BCUT2D eigenvalue weighted by atomic mass is 10.2. The Kier molecular flexibility index (Phi) is 5.63. The number of para-hydroxylation sites is 1. The molecule has 0 aliphatic heterocycles. The van der Waals surface area contributed by atoms with Crippen molar-refractivity contribution < 1.29 is 13.9 Å². The van der Waals surface area contributed by atoms with E-state index in [-0.39, 0.29) is 5.75 Å². The minimum atomic E-state index is -0.530. The summed E-state index contributed by atoms with van der Waals surface area (Å²) >= 11 is 0. The largest absolute Gasteiger partial charge is 0.485 e. The zero-order valence-corrected chi connectivity index (χ0v) is 14.0. The zero-order valence-electron chi connectivity index (χ0n) is 14.0. The molecule has 1 aromatic carbocycles. The fraction of sp³-hybridized carbons (Fsp3) is 0.316. The maximum absolute atomic E-state index is 12.2. The molecule has 0 atom stereocenters. The molecule has 0 amide bonds. The van der Waals surface area contributed by atoms with Crippen molar-refractivity contribution in [3.8, 4) is 11.5 Å². The van der Waals surface area contributed by atoms with Gasteiger partial charge in [0.25, 0.3) is 0 Å². The molecule has 2 rings (SSSR count). The highest BCUT2D eigenvalue weighted by molar-refractivity contribution is 5.85. The summed E-state index contributed by atoms with van der Waals surface area (Å²) < 4.78 is 16.8. The molecule has 0 aliphatic rings. The lowest BCUT2D eigenvalue weighted by molar-refractivity contribution is 0.295. The van der Waals surface area contributed by atoms with Gasteiger partial charge in [0.05, 0.1) is 5.39 Å². The summed E-state index contributed by atoms with van der Waals surface area (Å²) in [5.74, 6) is 0.542. The molecule has 122 valence electrons. The van der Waals surface area contributed by atoms with Crippen LogP contribution in [-0.4, -0.2) is 13.2 Å². The van der Waals surface area contributed by atoms with E-state index in [4.69, 9.17) is 13.9 Å². The van der Waals surface area contributed by atoms with Crippen molar-refractivity contribution >= 4 is 11.0 Å². The second kappa shape index (κ2) is 7.68. The van der Waals surface area contributed by atoms with E-state index in [0.717, 1.165) is 16.5 Å². The third kappa shape index (κ3) is 4.49. The lowest BCUT2D eigenvalue weighted by Crippen LogP contribution is -2.10. The number of ether oxygens (including phenoxy) is 2. The molecule has 0 saturated carbocycles. The van der Waals surface area contributed by atoms with Crippen molar-refractivity contribution in [2.75, 3.05) is 13.2 Å². The van der Waals surface area contributed by atoms with E-state index in [0.29, 0.717) is 24.5 Å². The highest BCUT2D eigenvalue weighted by Gasteiger charge is 2.17. The van der Waals surface area contributed by atoms with E-state index in [9.17, 15) is 4.79 Å². The molecule has 0 unspecified atom stereocenters. The standard InChI is InChI=1S/C19H22O4/c1-13(2)9-11-21-17-15-7-5-6-8-16(15)23-19(20)18(17)22-12-10-14(3)4/h5-10H,11-12H2,1-4H3. The van der Waals surface area contributed by atoms with Crippen LogP contribution in [0.15, 0.2) is 56.8 Å². The maximum Gasteiger partial charge on any atom is 0.383 e. The van der Waals surface area contributed by atoms with Crippen LogP contribution in [0.4, 0.5) is 0 Å². The Bertz CT molecular complexity index is 789. The minimum Gasteiger partial charge on any atom is -0.485 e. The van der Waals surface area contributed by atoms with Crippen molar-refractivity contribution in [2.24, 2.45) is 0 Å². The predicted octanol–water partition coefficient (Wildman–Crippen LogP) is 4.48. The normalized spacial score (nSPS) is 10.3. The molecule has 0 bridgehead atoms. The van der Waals surface area contributed by atoms with Crippen LogP contribution < -0.4 is 15.1 Å². The number of fused-ring (bicyclic) bond motifs is 1. The monoisotopic (exact) mass is 314 g/mol. The Balaban J connectivity index is 2.45. The molecule has 1 aromatic heterocycles. The van der Waals surface area contributed by atoms with Gasteiger partial charge in [0.15, 0.2) is 5.75 Å². The van der Waals surface area contributed by atoms with Gasteiger partial charge in [-0.2, -0.15) is 0 Å². The first kappa shape index (κ1) is 16.9. The van der Waals surface area contributed by atoms with Crippen LogP contribution in [0.5, 0.6) is 11.5 Å². The summed E-state index contributed by atoms with van der Waals surface area (Å²) in [5.41, 5.74) is 2.21. The molecule has 0 spiro atoms. The molecule has 23 heavy (non-hydrogen) atoms. The van der Waals surface area contributed by atoms with Crippen LogP contribution in [0.3, 0.4) is 0 Å². The lowest BCUT2D eigenvalue weighted by Gasteiger charge is -2.12. The quantitative estimate of drug-likeness (QED) is 0.582. The van der Waals surface area contributed by atoms with E-state index in [1.54, 1.807) is 6.07 Å². The molecule has 4 nitrogen and oxygen atoms in total. The van der Waals surface area contributed by atoms with Gasteiger partial charge in [-0.15, -0.1) is 0 Å². The van der Waals surface area contributed by atoms with Crippen LogP contribution in [0.1, 0.15) is 27.7 Å². The Hall–Kier alpha value is -2.49. The smallest absolute Gasteiger partial charge is 0.383 e. The van der Waals surface area contributed by atoms with Gasteiger partial charge in [-0.3, -0.25) is 0 Å². The molecule has 1 heterocycles. The average molecular weight is 314 g/mol. The Morgan fingerprint density at radius 3 is 2.13 bits per heavy atom. The first-order valence-electron chi connectivity index (χ1n) is 7.57. The highest BCUT2D eigenvalue weighted by Crippen LogP contribution is 2.32. The number of allylic oxidation sites excluding steroid dienone is 2. The van der Waals surface area contributed by atoms with Crippen molar-refractivity contribution in [3.05, 3.63) is 58.0 Å². The molecule has 0 aliphatic carbocycles. The van der Waals surface area contributed by atoms with E-state index < -0.39 is 5.63 Å². The van der Waals surface area contributed by atoms with Crippen molar-refractivity contribution in [1.29, 1.82) is 0 Å². The number of hydrogen-bond acceptors (Lipinski definition) is 4. The molecule has 0 N–H and O–H groups in total. The van der Waals surface area contributed by atoms with Gasteiger partial charge in [-0.1, -0.05) is 23.3 Å². The Morgan fingerprint density at radius 1 is 0.957 bits per heavy atom. The van der Waals surface area contributed by atoms with Crippen LogP contribution in [0.2, 0.25) is 0 Å². The summed E-state index contributed by atoms with van der Waals surface area (Å²) in [7, 11) is 0. The van der Waals surface area contributed by atoms with E-state index >= 15 is 0 Å². The number of rotatable bonds is 6. The molecular weight excluding hydrogens is 292 g/mol. The summed E-state index contributed by atoms with van der Waals surface area (Å²) in [6.45, 7) is 8.59. The molecule has 0 saturated heterocycles. The van der Waals surface area contributed by atoms with Gasteiger partial charge in [0, 0.05) is 0 Å². The van der Waals surface area contributed by atoms with E-state index in [1.807, 2.05) is 58.0 Å². The predicted molar refractivity (Wildman–Crippen MR) is 92.3 cm³/mol. The fourth-order valence-corrected chi connectivity index (χ4v) is 1.96. The Labute approximate surface area is 136 Å². The van der Waals surface area contributed by atoms with Gasteiger partial charge in [0.2, 0.25) is 5.75 Å². The summed E-state index contributed by atoms with van der Waals surface area (Å²) in [5, 5.41) is 0.724. The second-order valence-electron chi connectivity index (χ2n) is 5.73. The van der Waals surface area contributed by atoms with Crippen LogP contribution in [0.25, 0.3) is 11.0 Å². The first-order valence-corrected chi connectivity index (χ1v) is 7.57. The van der Waals surface area contributed by atoms with Gasteiger partial charge < -0.3 is 13.9 Å². The van der Waals surface area contributed by atoms with Crippen molar-refractivity contribution in [1.82, 2.24) is 0 Å². The molecule has 0 fully saturated rings. The molecule has 0 radical (unpaired) electrons. The second-order valence-corrected chi connectivity index (χ2v) is 5.73. The average Bonchev–Trinajstić information content (AvgIpc) is 2.48. The van der Waals surface area contributed by atoms with E-state index in [2.05, 4.69) is 0 Å². The van der Waals surface area contributed by atoms with Gasteiger partial charge >= 0.3 is 5.63 Å². The van der Waals surface area contributed by atoms with Crippen LogP contribution in [-0.2, 0) is 0 Å². The number of benzene rings is 1. The minimum absolute atomic E-state index is 0.114. The van der Waals surface area contributed by atoms with E-state index in [1.165, 1.54) is 0 Å². The SMILES string of the molecule is CC(C)=CCOc1c(OCC=C(C)C)c2ccccc2oc1=O. The maximum atomic E-state index is 12.2. The third-order valence-corrected chi connectivity index (χ3v) is 3.16. The van der Waals surface area contributed by atoms with Crippen molar-refractivity contribution in [2.45, 2.75) is 27.7 Å².